The number of nitrogens with zero attached hydrogens (tertiary/aromatic N) is 2. The fourth-order valence-corrected chi connectivity index (χ4v) is 4.61. The molecule has 4 rings (SSSR count). The van der Waals surface area contributed by atoms with Crippen LogP contribution in [0.25, 0.3) is 10.9 Å². The first-order valence-corrected chi connectivity index (χ1v) is 8.92. The molecule has 0 spiro atoms. The van der Waals surface area contributed by atoms with E-state index in [4.69, 9.17) is 0 Å². The lowest BCUT2D eigenvalue weighted by molar-refractivity contribution is -0.121. The molecule has 1 amide bonds. The SMILES string of the molecule is O=C(Cn1ncc(=O)c2ccccc21)NCC[C@H]1C[C@H]2CC[C@H]1C2. The summed E-state index contributed by atoms with van der Waals surface area (Å²) in [4.78, 5) is 24.0. The van der Waals surface area contributed by atoms with Crippen LogP contribution in [-0.2, 0) is 11.3 Å². The number of fused-ring (bicyclic) bond motifs is 3. The molecule has 0 unspecified atom stereocenters. The van der Waals surface area contributed by atoms with Crippen LogP contribution in [-0.4, -0.2) is 22.2 Å². The first kappa shape index (κ1) is 15.4. The molecule has 2 saturated carbocycles. The van der Waals surface area contributed by atoms with Crippen LogP contribution in [0.1, 0.15) is 32.1 Å². The molecular weight excluding hydrogens is 302 g/mol. The molecule has 2 aliphatic rings. The van der Waals surface area contributed by atoms with Gasteiger partial charge in [0.25, 0.3) is 0 Å². The van der Waals surface area contributed by atoms with Gasteiger partial charge in [0.05, 0.1) is 11.7 Å². The maximum atomic E-state index is 12.2. The molecule has 2 aromatic rings. The molecule has 1 aromatic carbocycles. The van der Waals surface area contributed by atoms with Gasteiger partial charge in [-0.15, -0.1) is 0 Å². The van der Waals surface area contributed by atoms with Crippen LogP contribution in [0.15, 0.2) is 35.3 Å². The molecule has 1 N–H and O–H groups in total. The van der Waals surface area contributed by atoms with E-state index < -0.39 is 0 Å². The van der Waals surface area contributed by atoms with Crippen LogP contribution in [0.3, 0.4) is 0 Å². The van der Waals surface area contributed by atoms with Gasteiger partial charge in [-0.1, -0.05) is 18.6 Å². The van der Waals surface area contributed by atoms with E-state index in [1.165, 1.54) is 31.9 Å². The number of benzene rings is 1. The van der Waals surface area contributed by atoms with Crippen molar-refractivity contribution in [1.82, 2.24) is 15.1 Å². The average molecular weight is 325 g/mol. The number of hydrogen-bond donors (Lipinski definition) is 1. The van der Waals surface area contributed by atoms with Gasteiger partial charge < -0.3 is 5.32 Å². The summed E-state index contributed by atoms with van der Waals surface area (Å²) in [5, 5.41) is 7.72. The molecule has 3 atom stereocenters. The van der Waals surface area contributed by atoms with Gasteiger partial charge in [0.1, 0.15) is 6.54 Å². The fourth-order valence-electron chi connectivity index (χ4n) is 4.61. The van der Waals surface area contributed by atoms with Crippen molar-refractivity contribution in [3.63, 3.8) is 0 Å². The molecule has 0 aliphatic heterocycles. The second-order valence-electron chi connectivity index (χ2n) is 7.26. The summed E-state index contributed by atoms with van der Waals surface area (Å²) in [5.41, 5.74) is 0.590. The normalized spacial score (nSPS) is 25.2. The van der Waals surface area contributed by atoms with E-state index in [9.17, 15) is 9.59 Å². The van der Waals surface area contributed by atoms with Crippen molar-refractivity contribution >= 4 is 16.8 Å². The summed E-state index contributed by atoms with van der Waals surface area (Å²) >= 11 is 0. The largest absolute Gasteiger partial charge is 0.354 e. The van der Waals surface area contributed by atoms with Gasteiger partial charge in [-0.05, 0) is 55.6 Å². The fraction of sp³-hybridized carbons (Fsp3) is 0.526. The van der Waals surface area contributed by atoms with E-state index in [-0.39, 0.29) is 17.9 Å². The Labute approximate surface area is 141 Å². The maximum Gasteiger partial charge on any atom is 0.241 e. The molecule has 1 aromatic heterocycles. The quantitative estimate of drug-likeness (QED) is 0.918. The van der Waals surface area contributed by atoms with Crippen molar-refractivity contribution in [2.75, 3.05) is 6.54 Å². The molecule has 2 bridgehead atoms. The van der Waals surface area contributed by atoms with Crippen LogP contribution >= 0.6 is 0 Å². The predicted molar refractivity (Wildman–Crippen MR) is 92.6 cm³/mol. The van der Waals surface area contributed by atoms with Crippen LogP contribution in [0.5, 0.6) is 0 Å². The second kappa shape index (κ2) is 6.38. The van der Waals surface area contributed by atoms with Crippen molar-refractivity contribution in [3.8, 4) is 0 Å². The first-order valence-electron chi connectivity index (χ1n) is 8.92. The highest BCUT2D eigenvalue weighted by Crippen LogP contribution is 2.49. The third kappa shape index (κ3) is 2.95. The van der Waals surface area contributed by atoms with Crippen molar-refractivity contribution in [1.29, 1.82) is 0 Å². The van der Waals surface area contributed by atoms with E-state index in [2.05, 4.69) is 10.4 Å². The third-order valence-corrected chi connectivity index (χ3v) is 5.78. The van der Waals surface area contributed by atoms with Crippen molar-refractivity contribution < 1.29 is 4.79 Å². The Hall–Kier alpha value is -2.17. The van der Waals surface area contributed by atoms with Crippen LogP contribution in [0.4, 0.5) is 0 Å². The number of amides is 1. The van der Waals surface area contributed by atoms with Crippen molar-refractivity contribution in [2.45, 2.75) is 38.6 Å². The van der Waals surface area contributed by atoms with E-state index in [0.717, 1.165) is 30.7 Å². The molecule has 0 saturated heterocycles. The van der Waals surface area contributed by atoms with Crippen LogP contribution in [0, 0.1) is 17.8 Å². The summed E-state index contributed by atoms with van der Waals surface area (Å²) in [5.74, 6) is 2.61. The summed E-state index contributed by atoms with van der Waals surface area (Å²) < 4.78 is 1.60. The number of aromatic nitrogens is 2. The van der Waals surface area contributed by atoms with Gasteiger partial charge in [0.15, 0.2) is 0 Å². The summed E-state index contributed by atoms with van der Waals surface area (Å²) in [6.07, 6.45) is 7.93. The summed E-state index contributed by atoms with van der Waals surface area (Å²) in [6.45, 7) is 0.891. The second-order valence-corrected chi connectivity index (χ2v) is 7.26. The van der Waals surface area contributed by atoms with Gasteiger partial charge in [0, 0.05) is 11.9 Å². The molecule has 0 radical (unpaired) electrons. The minimum Gasteiger partial charge on any atom is -0.354 e. The van der Waals surface area contributed by atoms with Gasteiger partial charge in [-0.2, -0.15) is 5.10 Å². The van der Waals surface area contributed by atoms with Crippen LogP contribution < -0.4 is 10.7 Å². The zero-order valence-corrected chi connectivity index (χ0v) is 13.8. The number of hydrogen-bond acceptors (Lipinski definition) is 3. The Kier molecular flexibility index (Phi) is 4.08. The lowest BCUT2D eigenvalue weighted by atomic mass is 9.86. The molecule has 2 aliphatic carbocycles. The highest BCUT2D eigenvalue weighted by atomic mass is 16.2. The minimum absolute atomic E-state index is 0.0422. The van der Waals surface area contributed by atoms with E-state index >= 15 is 0 Å². The summed E-state index contributed by atoms with van der Waals surface area (Å²) in [6, 6.07) is 7.27. The molecule has 5 nitrogen and oxygen atoms in total. The topological polar surface area (TPSA) is 64.0 Å². The lowest BCUT2D eigenvalue weighted by Gasteiger charge is -2.21. The monoisotopic (exact) mass is 325 g/mol. The van der Waals surface area contributed by atoms with Crippen molar-refractivity contribution in [3.05, 3.63) is 40.7 Å². The van der Waals surface area contributed by atoms with Crippen molar-refractivity contribution in [2.24, 2.45) is 17.8 Å². The highest BCUT2D eigenvalue weighted by molar-refractivity contribution is 5.81. The molecule has 126 valence electrons. The highest BCUT2D eigenvalue weighted by Gasteiger charge is 2.38. The van der Waals surface area contributed by atoms with E-state index in [1.807, 2.05) is 18.2 Å². The number of carbonyl (C=O) groups excluding carboxylic acids is 1. The Bertz CT molecular complexity index is 814. The predicted octanol–water partition coefficient (Wildman–Crippen LogP) is 2.34. The number of rotatable bonds is 5. The number of nitrogens with one attached hydrogen (secondary N) is 1. The number of carbonyl (C=O) groups is 1. The standard InChI is InChI=1S/C19H23N3O2/c23-18-11-21-22(17-4-2-1-3-16(17)18)12-19(24)20-8-7-15-10-13-5-6-14(15)9-13/h1-4,11,13-15H,5-10,12H2,(H,20,24)/t13-,14-,15-/m0/s1. The Morgan fingerprint density at radius 3 is 2.92 bits per heavy atom. The first-order chi connectivity index (χ1) is 11.7. The van der Waals surface area contributed by atoms with E-state index in [0.29, 0.717) is 10.9 Å². The lowest BCUT2D eigenvalue weighted by Crippen LogP contribution is -2.31. The smallest absolute Gasteiger partial charge is 0.241 e. The van der Waals surface area contributed by atoms with Gasteiger partial charge in [-0.3, -0.25) is 14.3 Å². The molecule has 24 heavy (non-hydrogen) atoms. The zero-order valence-electron chi connectivity index (χ0n) is 13.8. The molecule has 5 heteroatoms. The van der Waals surface area contributed by atoms with Gasteiger partial charge in [0.2, 0.25) is 11.3 Å². The Morgan fingerprint density at radius 1 is 1.25 bits per heavy atom. The van der Waals surface area contributed by atoms with E-state index in [1.54, 1.807) is 10.7 Å². The third-order valence-electron chi connectivity index (χ3n) is 5.78. The minimum atomic E-state index is -0.112. The van der Waals surface area contributed by atoms with Crippen LogP contribution in [0.2, 0.25) is 0 Å². The molecule has 2 fully saturated rings. The Morgan fingerprint density at radius 2 is 2.12 bits per heavy atom. The molecule has 1 heterocycles. The number of para-hydroxylation sites is 1. The zero-order chi connectivity index (χ0) is 16.5. The van der Waals surface area contributed by atoms with Gasteiger partial charge >= 0.3 is 0 Å². The average Bonchev–Trinajstić information content (AvgIpc) is 3.21. The van der Waals surface area contributed by atoms with Gasteiger partial charge in [-0.25, -0.2) is 0 Å². The Balaban J connectivity index is 1.35. The summed E-state index contributed by atoms with van der Waals surface area (Å²) in [7, 11) is 0. The molecular formula is C19H23N3O2. The maximum absolute atomic E-state index is 12.2.